The average molecular weight is 724 g/mol. The minimum absolute atomic E-state index is 0.555. The first-order chi connectivity index (χ1) is 28.2. The van der Waals surface area contributed by atoms with Crippen molar-refractivity contribution in [2.45, 2.75) is 5.41 Å². The summed E-state index contributed by atoms with van der Waals surface area (Å²) in [6, 6.07) is 66.8. The third-order valence-corrected chi connectivity index (χ3v) is 11.9. The van der Waals surface area contributed by atoms with Gasteiger partial charge in [-0.05, 0) is 85.1 Å². The fourth-order valence-electron chi connectivity index (χ4n) is 9.46. The van der Waals surface area contributed by atoms with Crippen molar-refractivity contribution in [2.24, 2.45) is 0 Å². The Morgan fingerprint density at radius 3 is 1.77 bits per heavy atom. The third kappa shape index (κ3) is 4.78. The van der Waals surface area contributed by atoms with Gasteiger partial charge in [0.05, 0.1) is 28.4 Å². The minimum Gasteiger partial charge on any atom is -0.227 e. The Morgan fingerprint density at radius 2 is 1.04 bits per heavy atom. The van der Waals surface area contributed by atoms with Crippen LogP contribution in [0.15, 0.2) is 189 Å². The second kappa shape index (κ2) is 12.7. The molecule has 264 valence electrons. The average Bonchev–Trinajstić information content (AvgIpc) is 3.76. The highest BCUT2D eigenvalue weighted by Gasteiger charge is 2.52. The molecule has 3 nitrogen and oxygen atoms in total. The predicted octanol–water partition coefficient (Wildman–Crippen LogP) is 13.2. The summed E-state index contributed by atoms with van der Waals surface area (Å²) in [5.74, 6) is 0.661. The number of hydrogen-bond acceptors (Lipinski definition) is 3. The molecule has 57 heavy (non-hydrogen) atoms. The molecule has 0 unspecified atom stereocenters. The maximum Gasteiger partial charge on any atom is 0.160 e. The molecule has 3 heteroatoms. The topological polar surface area (TPSA) is 49.6 Å². The number of rotatable bonds is 5. The van der Waals surface area contributed by atoms with Gasteiger partial charge in [0.15, 0.2) is 5.82 Å². The van der Waals surface area contributed by atoms with E-state index in [1.807, 2.05) is 36.4 Å². The van der Waals surface area contributed by atoms with Crippen LogP contribution in [0.5, 0.6) is 0 Å². The Bertz CT molecular complexity index is 3120. The summed E-state index contributed by atoms with van der Waals surface area (Å²) >= 11 is 0. The third-order valence-electron chi connectivity index (χ3n) is 11.9. The molecule has 0 fully saturated rings. The lowest BCUT2D eigenvalue weighted by atomic mass is 9.70. The zero-order valence-corrected chi connectivity index (χ0v) is 30.9. The van der Waals surface area contributed by atoms with E-state index in [4.69, 9.17) is 9.97 Å². The van der Waals surface area contributed by atoms with Crippen LogP contribution in [0.1, 0.15) is 33.4 Å². The predicted molar refractivity (Wildman–Crippen MR) is 232 cm³/mol. The monoisotopic (exact) mass is 723 g/mol. The summed E-state index contributed by atoms with van der Waals surface area (Å²) in [5.41, 5.74) is 17.2. The van der Waals surface area contributed by atoms with Crippen LogP contribution in [-0.4, -0.2) is 9.97 Å². The summed E-state index contributed by atoms with van der Waals surface area (Å²) in [6.45, 7) is 4.30. The Kier molecular flexibility index (Phi) is 7.29. The fourth-order valence-corrected chi connectivity index (χ4v) is 9.46. The van der Waals surface area contributed by atoms with E-state index < -0.39 is 5.41 Å². The van der Waals surface area contributed by atoms with Gasteiger partial charge in [-0.15, -0.1) is 0 Å². The van der Waals surface area contributed by atoms with E-state index in [-0.39, 0.29) is 0 Å². The summed E-state index contributed by atoms with van der Waals surface area (Å²) in [4.78, 5) is 10.5. The zero-order valence-electron chi connectivity index (χ0n) is 30.9. The number of aromatic nitrogens is 2. The maximum absolute atomic E-state index is 10.4. The lowest BCUT2D eigenvalue weighted by Crippen LogP contribution is -2.25. The largest absolute Gasteiger partial charge is 0.227 e. The van der Waals surface area contributed by atoms with Crippen LogP contribution in [0.25, 0.3) is 84.1 Å². The molecular weight excluding hydrogens is 691 g/mol. The summed E-state index contributed by atoms with van der Waals surface area (Å²) in [5, 5.41) is 12.8. The molecule has 8 aromatic carbocycles. The lowest BCUT2D eigenvalue weighted by Gasteiger charge is -2.30. The Hall–Kier alpha value is -7.67. The molecule has 0 saturated heterocycles. The van der Waals surface area contributed by atoms with Crippen LogP contribution in [-0.2, 0) is 5.41 Å². The second-order valence-electron chi connectivity index (χ2n) is 14.8. The number of nitrogens with zero attached hydrogens (tertiary/aromatic N) is 3. The van der Waals surface area contributed by atoms with E-state index >= 15 is 0 Å². The van der Waals surface area contributed by atoms with Gasteiger partial charge in [-0.2, -0.15) is 5.26 Å². The standard InChI is InChI=1S/C54H33N3/c1-2-42-51(56-53(35-15-4-3-5-16-35)57-52(42)40-27-26-34-14-6-7-17-36(34)30-40)39-19-12-18-37(31-39)38-28-29-45-49(32-38)54(48-25-13-20-41(33-55)50(45)48)46-23-10-8-21-43(46)44-22-9-11-24-47(44)54/h2-32H,1H2. The molecule has 0 amide bonds. The molecule has 0 aliphatic heterocycles. The molecular formula is C54H33N3. The summed E-state index contributed by atoms with van der Waals surface area (Å²) in [7, 11) is 0. The maximum atomic E-state index is 10.4. The Labute approximate surface area is 331 Å². The normalized spacial score (nSPS) is 12.8. The summed E-state index contributed by atoms with van der Waals surface area (Å²) in [6.07, 6.45) is 1.89. The SMILES string of the molecule is C=Cc1c(-c2cccc(-c3ccc4c(c3)C3(c5ccccc5-c5ccccc53)c3cccc(C#N)c3-4)c2)nc(-c2ccccc2)nc1-c1ccc2ccccc2c1. The van der Waals surface area contributed by atoms with Crippen molar-refractivity contribution in [3.63, 3.8) is 0 Å². The van der Waals surface area contributed by atoms with Gasteiger partial charge in [-0.25, -0.2) is 9.97 Å². The highest BCUT2D eigenvalue weighted by atomic mass is 14.9. The molecule has 0 saturated carbocycles. The van der Waals surface area contributed by atoms with Crippen molar-refractivity contribution in [2.75, 3.05) is 0 Å². The van der Waals surface area contributed by atoms with Crippen LogP contribution in [0.3, 0.4) is 0 Å². The van der Waals surface area contributed by atoms with E-state index in [0.717, 1.165) is 66.8 Å². The number of nitriles is 1. The Morgan fingerprint density at radius 1 is 0.456 bits per heavy atom. The minimum atomic E-state index is -0.555. The van der Waals surface area contributed by atoms with Gasteiger partial charge in [-0.1, -0.05) is 170 Å². The van der Waals surface area contributed by atoms with Crippen LogP contribution >= 0.6 is 0 Å². The first kappa shape index (κ1) is 32.7. The highest BCUT2D eigenvalue weighted by molar-refractivity contribution is 5.98. The molecule has 1 heterocycles. The fraction of sp³-hybridized carbons (Fsp3) is 0.0185. The first-order valence-electron chi connectivity index (χ1n) is 19.2. The number of fused-ring (bicyclic) bond motifs is 11. The van der Waals surface area contributed by atoms with Gasteiger partial charge >= 0.3 is 0 Å². The van der Waals surface area contributed by atoms with Crippen molar-refractivity contribution < 1.29 is 0 Å². The zero-order chi connectivity index (χ0) is 38.1. The molecule has 11 rings (SSSR count). The smallest absolute Gasteiger partial charge is 0.160 e. The van der Waals surface area contributed by atoms with Crippen LogP contribution < -0.4 is 0 Å². The van der Waals surface area contributed by atoms with E-state index in [0.29, 0.717) is 11.4 Å². The molecule has 0 radical (unpaired) electrons. The molecule has 1 aromatic heterocycles. The van der Waals surface area contributed by atoms with Crippen LogP contribution in [0, 0.1) is 11.3 Å². The van der Waals surface area contributed by atoms with E-state index in [1.54, 1.807) is 0 Å². The first-order valence-corrected chi connectivity index (χ1v) is 19.2. The molecule has 0 bridgehead atoms. The molecule has 1 spiro atoms. The van der Waals surface area contributed by atoms with Gasteiger partial charge in [0.2, 0.25) is 0 Å². The van der Waals surface area contributed by atoms with E-state index in [1.165, 1.54) is 33.2 Å². The molecule has 2 aliphatic carbocycles. The van der Waals surface area contributed by atoms with Crippen LogP contribution in [0.2, 0.25) is 0 Å². The van der Waals surface area contributed by atoms with Gasteiger partial charge < -0.3 is 0 Å². The highest BCUT2D eigenvalue weighted by Crippen LogP contribution is 2.63. The Balaban J connectivity index is 1.12. The van der Waals surface area contributed by atoms with Gasteiger partial charge in [0.1, 0.15) is 0 Å². The molecule has 0 N–H and O–H groups in total. The second-order valence-corrected chi connectivity index (χ2v) is 14.8. The van der Waals surface area contributed by atoms with Gasteiger partial charge in [-0.3, -0.25) is 0 Å². The van der Waals surface area contributed by atoms with Crippen molar-refractivity contribution >= 4 is 16.8 Å². The van der Waals surface area contributed by atoms with Crippen molar-refractivity contribution in [3.8, 4) is 73.4 Å². The van der Waals surface area contributed by atoms with Crippen molar-refractivity contribution in [1.29, 1.82) is 5.26 Å². The van der Waals surface area contributed by atoms with Crippen LogP contribution in [0.4, 0.5) is 0 Å². The quantitative estimate of drug-likeness (QED) is 0.178. The lowest BCUT2D eigenvalue weighted by molar-refractivity contribution is 0.794. The summed E-state index contributed by atoms with van der Waals surface area (Å²) < 4.78 is 0. The van der Waals surface area contributed by atoms with E-state index in [9.17, 15) is 5.26 Å². The van der Waals surface area contributed by atoms with Gasteiger partial charge in [0.25, 0.3) is 0 Å². The number of benzene rings is 8. The van der Waals surface area contributed by atoms with Crippen molar-refractivity contribution in [1.82, 2.24) is 9.97 Å². The van der Waals surface area contributed by atoms with Crippen molar-refractivity contribution in [3.05, 3.63) is 222 Å². The molecule has 9 aromatic rings. The molecule has 2 aliphatic rings. The van der Waals surface area contributed by atoms with E-state index in [2.05, 4.69) is 164 Å². The van der Waals surface area contributed by atoms with Gasteiger partial charge in [0, 0.05) is 27.8 Å². The number of hydrogen-bond donors (Lipinski definition) is 0. The molecule has 0 atom stereocenters.